The standard InChI is InChI=1S/C18H14FNO4S/c19-13-3-1-2-11(8-13)15(21)10-24-18(23)12-4-5-16-14(9-12)20-17(22)6-7-25-16/h1-5,8-9H,6-7,10H2,(H,20,22). The van der Waals surface area contributed by atoms with E-state index in [1.165, 1.54) is 36.0 Å². The van der Waals surface area contributed by atoms with Gasteiger partial charge < -0.3 is 10.1 Å². The van der Waals surface area contributed by atoms with Crippen molar-refractivity contribution in [3.8, 4) is 0 Å². The number of esters is 1. The summed E-state index contributed by atoms with van der Waals surface area (Å²) in [5, 5.41) is 2.74. The van der Waals surface area contributed by atoms with Gasteiger partial charge in [-0.25, -0.2) is 9.18 Å². The van der Waals surface area contributed by atoms with Crippen molar-refractivity contribution < 1.29 is 23.5 Å². The van der Waals surface area contributed by atoms with Gasteiger partial charge in [0.25, 0.3) is 0 Å². The van der Waals surface area contributed by atoms with Crippen LogP contribution in [0.15, 0.2) is 47.4 Å². The maximum Gasteiger partial charge on any atom is 0.338 e. The van der Waals surface area contributed by atoms with E-state index in [0.717, 1.165) is 11.0 Å². The van der Waals surface area contributed by atoms with E-state index in [1.807, 2.05) is 0 Å². The van der Waals surface area contributed by atoms with E-state index >= 15 is 0 Å². The summed E-state index contributed by atoms with van der Waals surface area (Å²) in [4.78, 5) is 36.6. The van der Waals surface area contributed by atoms with Crippen molar-refractivity contribution in [2.75, 3.05) is 17.7 Å². The Labute approximate surface area is 147 Å². The molecule has 1 aliphatic heterocycles. The van der Waals surface area contributed by atoms with Crippen LogP contribution in [0.25, 0.3) is 0 Å². The molecule has 0 aliphatic carbocycles. The summed E-state index contributed by atoms with van der Waals surface area (Å²) in [7, 11) is 0. The molecule has 0 fully saturated rings. The minimum absolute atomic E-state index is 0.113. The van der Waals surface area contributed by atoms with Crippen LogP contribution in [0.5, 0.6) is 0 Å². The molecular formula is C18H14FNO4S. The molecular weight excluding hydrogens is 345 g/mol. The van der Waals surface area contributed by atoms with Crippen LogP contribution < -0.4 is 5.32 Å². The Morgan fingerprint density at radius 2 is 2.00 bits per heavy atom. The predicted molar refractivity (Wildman–Crippen MR) is 91.4 cm³/mol. The molecule has 0 atom stereocenters. The molecule has 25 heavy (non-hydrogen) atoms. The Morgan fingerprint density at radius 3 is 2.80 bits per heavy atom. The van der Waals surface area contributed by atoms with Gasteiger partial charge in [0.05, 0.1) is 11.3 Å². The zero-order valence-corrected chi connectivity index (χ0v) is 13.9. The SMILES string of the molecule is O=C1CCSc2ccc(C(=O)OCC(=O)c3cccc(F)c3)cc2N1. The number of carbonyl (C=O) groups excluding carboxylic acids is 3. The highest BCUT2D eigenvalue weighted by Crippen LogP contribution is 2.31. The summed E-state index contributed by atoms with van der Waals surface area (Å²) in [5.74, 6) is -1.15. The van der Waals surface area contributed by atoms with Gasteiger partial charge in [-0.15, -0.1) is 11.8 Å². The largest absolute Gasteiger partial charge is 0.454 e. The van der Waals surface area contributed by atoms with Gasteiger partial charge in [0.15, 0.2) is 12.4 Å². The molecule has 1 heterocycles. The van der Waals surface area contributed by atoms with Gasteiger partial charge in [0.1, 0.15) is 5.82 Å². The van der Waals surface area contributed by atoms with Crippen LogP contribution >= 0.6 is 11.8 Å². The fourth-order valence-corrected chi connectivity index (χ4v) is 3.24. The number of carbonyl (C=O) groups is 3. The van der Waals surface area contributed by atoms with Crippen molar-refractivity contribution in [2.24, 2.45) is 0 Å². The highest BCUT2D eigenvalue weighted by atomic mass is 32.2. The maximum absolute atomic E-state index is 13.1. The van der Waals surface area contributed by atoms with Crippen LogP contribution in [0.2, 0.25) is 0 Å². The van der Waals surface area contributed by atoms with Crippen LogP contribution in [-0.2, 0) is 9.53 Å². The highest BCUT2D eigenvalue weighted by Gasteiger charge is 2.17. The lowest BCUT2D eigenvalue weighted by Gasteiger charge is -2.09. The van der Waals surface area contributed by atoms with Crippen LogP contribution in [0.4, 0.5) is 10.1 Å². The van der Waals surface area contributed by atoms with Crippen LogP contribution in [0.1, 0.15) is 27.1 Å². The molecule has 0 radical (unpaired) electrons. The molecule has 0 aromatic heterocycles. The van der Waals surface area contributed by atoms with Gasteiger partial charge in [-0.3, -0.25) is 9.59 Å². The van der Waals surface area contributed by atoms with E-state index in [4.69, 9.17) is 4.74 Å². The molecule has 0 spiro atoms. The number of halogens is 1. The monoisotopic (exact) mass is 359 g/mol. The molecule has 5 nitrogen and oxygen atoms in total. The molecule has 1 aliphatic rings. The first-order valence-electron chi connectivity index (χ1n) is 7.55. The van der Waals surface area contributed by atoms with E-state index in [1.54, 1.807) is 12.1 Å². The molecule has 1 amide bonds. The number of anilines is 1. The molecule has 0 unspecified atom stereocenters. The molecule has 0 saturated carbocycles. The van der Waals surface area contributed by atoms with Gasteiger partial charge in [-0.2, -0.15) is 0 Å². The quantitative estimate of drug-likeness (QED) is 0.670. The third-order valence-electron chi connectivity index (χ3n) is 3.56. The molecule has 0 saturated heterocycles. The molecule has 2 aromatic rings. The number of amides is 1. The zero-order chi connectivity index (χ0) is 17.8. The van der Waals surface area contributed by atoms with Gasteiger partial charge in [-0.1, -0.05) is 12.1 Å². The Balaban J connectivity index is 1.67. The highest BCUT2D eigenvalue weighted by molar-refractivity contribution is 7.99. The Bertz CT molecular complexity index is 853. The number of Topliss-reactive ketones (excluding diaryl/α,β-unsaturated/α-hetero) is 1. The Morgan fingerprint density at radius 1 is 1.16 bits per heavy atom. The molecule has 128 valence electrons. The fraction of sp³-hybridized carbons (Fsp3) is 0.167. The second-order valence-corrected chi connectivity index (χ2v) is 6.50. The van der Waals surface area contributed by atoms with Crippen LogP contribution in [0.3, 0.4) is 0 Å². The molecule has 7 heteroatoms. The van der Waals surface area contributed by atoms with E-state index < -0.39 is 24.2 Å². The zero-order valence-electron chi connectivity index (χ0n) is 13.1. The molecule has 3 rings (SSSR count). The topological polar surface area (TPSA) is 72.5 Å². The number of ketones is 1. The normalized spacial score (nSPS) is 13.4. The molecule has 1 N–H and O–H groups in total. The summed E-state index contributed by atoms with van der Waals surface area (Å²) < 4.78 is 18.1. The summed E-state index contributed by atoms with van der Waals surface area (Å²) in [5.41, 5.74) is 0.922. The third kappa shape index (κ3) is 4.24. The number of rotatable bonds is 4. The summed E-state index contributed by atoms with van der Waals surface area (Å²) >= 11 is 1.53. The number of hydrogen-bond donors (Lipinski definition) is 1. The van der Waals surface area contributed by atoms with Crippen molar-refractivity contribution in [1.29, 1.82) is 0 Å². The first kappa shape index (κ1) is 17.2. The minimum Gasteiger partial charge on any atom is -0.454 e. The second-order valence-electron chi connectivity index (χ2n) is 5.37. The number of thioether (sulfide) groups is 1. The van der Waals surface area contributed by atoms with E-state index in [-0.39, 0.29) is 17.0 Å². The lowest BCUT2D eigenvalue weighted by atomic mass is 10.1. The van der Waals surface area contributed by atoms with Gasteiger partial charge >= 0.3 is 5.97 Å². The summed E-state index contributed by atoms with van der Waals surface area (Å²) in [6, 6.07) is 10.0. The first-order chi connectivity index (χ1) is 12.0. The van der Waals surface area contributed by atoms with Gasteiger partial charge in [0.2, 0.25) is 5.91 Å². The Hall–Kier alpha value is -2.67. The number of hydrogen-bond acceptors (Lipinski definition) is 5. The Kier molecular flexibility index (Phi) is 5.14. The van der Waals surface area contributed by atoms with Crippen molar-refractivity contribution >= 4 is 35.1 Å². The maximum atomic E-state index is 13.1. The van der Waals surface area contributed by atoms with Gasteiger partial charge in [0, 0.05) is 22.6 Å². The summed E-state index contributed by atoms with van der Waals surface area (Å²) in [6.07, 6.45) is 0.404. The summed E-state index contributed by atoms with van der Waals surface area (Å²) in [6.45, 7) is -0.486. The number of ether oxygens (including phenoxy) is 1. The van der Waals surface area contributed by atoms with Crippen molar-refractivity contribution in [1.82, 2.24) is 0 Å². The van der Waals surface area contributed by atoms with Crippen LogP contribution in [-0.4, -0.2) is 30.0 Å². The number of nitrogens with one attached hydrogen (secondary N) is 1. The van der Waals surface area contributed by atoms with Crippen molar-refractivity contribution in [3.05, 3.63) is 59.4 Å². The molecule has 0 bridgehead atoms. The average molecular weight is 359 g/mol. The minimum atomic E-state index is -0.684. The first-order valence-corrected chi connectivity index (χ1v) is 8.54. The molecule has 2 aromatic carbocycles. The number of benzene rings is 2. The second kappa shape index (κ2) is 7.48. The van der Waals surface area contributed by atoms with E-state index in [2.05, 4.69) is 5.32 Å². The lowest BCUT2D eigenvalue weighted by molar-refractivity contribution is -0.115. The average Bonchev–Trinajstić information content (AvgIpc) is 2.79. The fourth-order valence-electron chi connectivity index (χ4n) is 2.31. The van der Waals surface area contributed by atoms with Gasteiger partial charge in [-0.05, 0) is 30.3 Å². The number of fused-ring (bicyclic) bond motifs is 1. The van der Waals surface area contributed by atoms with Crippen molar-refractivity contribution in [2.45, 2.75) is 11.3 Å². The predicted octanol–water partition coefficient (Wildman–Crippen LogP) is 3.30. The van der Waals surface area contributed by atoms with Crippen LogP contribution in [0, 0.1) is 5.82 Å². The lowest BCUT2D eigenvalue weighted by Crippen LogP contribution is -2.15. The van der Waals surface area contributed by atoms with E-state index in [0.29, 0.717) is 17.9 Å². The van der Waals surface area contributed by atoms with Crippen molar-refractivity contribution in [3.63, 3.8) is 0 Å². The smallest absolute Gasteiger partial charge is 0.338 e. The third-order valence-corrected chi connectivity index (χ3v) is 4.63. The van der Waals surface area contributed by atoms with E-state index in [9.17, 15) is 18.8 Å².